The number of nitrogens with zero attached hydrogens (tertiary/aromatic N) is 4. The number of carbonyl (C=O) groups is 1. The molecule has 33 heavy (non-hydrogen) atoms. The molecular formula is C22H21N7O3S. The Morgan fingerprint density at radius 3 is 2.09 bits per heavy atom. The molecule has 0 spiro atoms. The van der Waals surface area contributed by atoms with Crippen LogP contribution in [0.4, 0.5) is 22.9 Å². The van der Waals surface area contributed by atoms with Gasteiger partial charge in [-0.1, -0.05) is 0 Å². The number of rotatable bonds is 7. The predicted molar refractivity (Wildman–Crippen MR) is 125 cm³/mol. The van der Waals surface area contributed by atoms with E-state index in [0.29, 0.717) is 23.0 Å². The maximum Gasteiger partial charge on any atom is 0.261 e. The van der Waals surface area contributed by atoms with Crippen LogP contribution >= 0.6 is 0 Å². The first-order valence-corrected chi connectivity index (χ1v) is 11.4. The van der Waals surface area contributed by atoms with Gasteiger partial charge in [-0.2, -0.15) is 5.10 Å². The maximum atomic E-state index is 12.6. The van der Waals surface area contributed by atoms with Crippen molar-refractivity contribution in [2.24, 2.45) is 0 Å². The van der Waals surface area contributed by atoms with E-state index in [1.54, 1.807) is 41.1 Å². The van der Waals surface area contributed by atoms with Crippen LogP contribution in [0.2, 0.25) is 0 Å². The molecule has 0 saturated heterocycles. The summed E-state index contributed by atoms with van der Waals surface area (Å²) in [5.74, 6) is 0.908. The molecule has 1 amide bonds. The molecule has 3 N–H and O–H groups in total. The summed E-state index contributed by atoms with van der Waals surface area (Å²) in [4.78, 5) is 11.2. The SMILES string of the molecule is CC(=O)Nc1ccc(S(=O)(=O)Nc2ccc(Nc3ccc(-n4ccc(C)n4)nn3)cc2)cc1. The summed E-state index contributed by atoms with van der Waals surface area (Å²) in [6.45, 7) is 3.28. The zero-order chi connectivity index (χ0) is 23.4. The number of nitrogens with one attached hydrogen (secondary N) is 3. The quantitative estimate of drug-likeness (QED) is 0.382. The first kappa shape index (κ1) is 22.0. The third kappa shape index (κ3) is 5.52. The molecule has 0 aliphatic heterocycles. The number of aromatic nitrogens is 4. The van der Waals surface area contributed by atoms with Crippen molar-refractivity contribution in [3.05, 3.63) is 78.6 Å². The van der Waals surface area contributed by atoms with Crippen molar-refractivity contribution < 1.29 is 13.2 Å². The van der Waals surface area contributed by atoms with E-state index < -0.39 is 10.0 Å². The van der Waals surface area contributed by atoms with Crippen molar-refractivity contribution in [2.45, 2.75) is 18.7 Å². The number of amides is 1. The maximum absolute atomic E-state index is 12.6. The van der Waals surface area contributed by atoms with Crippen molar-refractivity contribution in [3.63, 3.8) is 0 Å². The molecule has 2 aromatic carbocycles. The Hall–Kier alpha value is -4.25. The second kappa shape index (κ2) is 9.09. The van der Waals surface area contributed by atoms with Gasteiger partial charge in [0.2, 0.25) is 5.91 Å². The number of hydrogen-bond acceptors (Lipinski definition) is 7. The van der Waals surface area contributed by atoms with Crippen molar-refractivity contribution in [2.75, 3.05) is 15.4 Å². The van der Waals surface area contributed by atoms with Crippen LogP contribution in [0.1, 0.15) is 12.6 Å². The smallest absolute Gasteiger partial charge is 0.261 e. The van der Waals surface area contributed by atoms with Gasteiger partial charge in [0.05, 0.1) is 10.6 Å². The molecule has 0 aliphatic carbocycles. The summed E-state index contributed by atoms with van der Waals surface area (Å²) >= 11 is 0. The number of benzene rings is 2. The molecule has 168 valence electrons. The van der Waals surface area contributed by atoms with E-state index in [1.807, 2.05) is 19.2 Å². The molecule has 0 aliphatic rings. The van der Waals surface area contributed by atoms with Gasteiger partial charge in [0.1, 0.15) is 0 Å². The highest BCUT2D eigenvalue weighted by Gasteiger charge is 2.14. The molecule has 4 aromatic rings. The molecule has 11 heteroatoms. The average molecular weight is 464 g/mol. The highest BCUT2D eigenvalue weighted by Crippen LogP contribution is 2.21. The summed E-state index contributed by atoms with van der Waals surface area (Å²) < 4.78 is 29.4. The van der Waals surface area contributed by atoms with E-state index in [-0.39, 0.29) is 10.8 Å². The highest BCUT2D eigenvalue weighted by atomic mass is 32.2. The Balaban J connectivity index is 1.40. The molecule has 4 rings (SSSR count). The molecule has 0 unspecified atom stereocenters. The molecule has 0 atom stereocenters. The Morgan fingerprint density at radius 1 is 0.848 bits per heavy atom. The van der Waals surface area contributed by atoms with Gasteiger partial charge in [0.25, 0.3) is 10.0 Å². The standard InChI is InChI=1S/C22H21N7O3S/c1-15-13-14-29(27-15)22-12-11-21(25-26-22)24-18-3-5-19(6-4-18)28-33(31,32)20-9-7-17(8-10-20)23-16(2)30/h3-14,28H,1-2H3,(H,23,30)(H,24,25). The summed E-state index contributed by atoms with van der Waals surface area (Å²) in [6.07, 6.45) is 1.81. The minimum atomic E-state index is -3.77. The lowest BCUT2D eigenvalue weighted by Gasteiger charge is -2.10. The van der Waals surface area contributed by atoms with E-state index in [4.69, 9.17) is 0 Å². The Morgan fingerprint density at radius 2 is 1.52 bits per heavy atom. The van der Waals surface area contributed by atoms with Crippen LogP contribution in [-0.4, -0.2) is 34.3 Å². The van der Waals surface area contributed by atoms with Gasteiger partial charge in [0, 0.05) is 30.2 Å². The van der Waals surface area contributed by atoms with E-state index in [1.165, 1.54) is 31.2 Å². The second-order valence-corrected chi connectivity index (χ2v) is 8.87. The van der Waals surface area contributed by atoms with Crippen molar-refractivity contribution in [3.8, 4) is 5.82 Å². The van der Waals surface area contributed by atoms with Crippen molar-refractivity contribution in [1.82, 2.24) is 20.0 Å². The summed E-state index contributed by atoms with van der Waals surface area (Å²) in [5.41, 5.74) is 2.53. The Kier molecular flexibility index (Phi) is 6.05. The highest BCUT2D eigenvalue weighted by molar-refractivity contribution is 7.92. The number of sulfonamides is 1. The molecular weight excluding hydrogens is 442 g/mol. The van der Waals surface area contributed by atoms with Gasteiger partial charge in [-0.15, -0.1) is 10.2 Å². The van der Waals surface area contributed by atoms with Crippen LogP contribution in [0.25, 0.3) is 5.82 Å². The second-order valence-electron chi connectivity index (χ2n) is 7.19. The van der Waals surface area contributed by atoms with Gasteiger partial charge in [-0.25, -0.2) is 13.1 Å². The fourth-order valence-electron chi connectivity index (χ4n) is 2.96. The first-order valence-electron chi connectivity index (χ1n) is 9.92. The van der Waals surface area contributed by atoms with Crippen molar-refractivity contribution >= 4 is 38.8 Å². The zero-order valence-corrected chi connectivity index (χ0v) is 18.7. The Bertz CT molecular complexity index is 1370. The molecule has 2 heterocycles. The van der Waals surface area contributed by atoms with Crippen LogP contribution in [-0.2, 0) is 14.8 Å². The number of aryl methyl sites for hydroxylation is 1. The molecule has 0 radical (unpaired) electrons. The van der Waals surface area contributed by atoms with E-state index >= 15 is 0 Å². The van der Waals surface area contributed by atoms with Crippen molar-refractivity contribution in [1.29, 1.82) is 0 Å². The minimum absolute atomic E-state index is 0.0848. The van der Waals surface area contributed by atoms with Gasteiger partial charge in [-0.05, 0) is 73.7 Å². The molecule has 10 nitrogen and oxygen atoms in total. The number of hydrogen-bond donors (Lipinski definition) is 3. The molecule has 0 fully saturated rings. The summed E-state index contributed by atoms with van der Waals surface area (Å²) in [7, 11) is -3.77. The summed E-state index contributed by atoms with van der Waals surface area (Å²) in [5, 5.41) is 18.3. The third-order valence-electron chi connectivity index (χ3n) is 4.50. The lowest BCUT2D eigenvalue weighted by atomic mass is 10.3. The average Bonchev–Trinajstić information content (AvgIpc) is 3.22. The van der Waals surface area contributed by atoms with Crippen LogP contribution in [0.15, 0.2) is 77.8 Å². The van der Waals surface area contributed by atoms with E-state index in [0.717, 1.165) is 11.4 Å². The molecule has 0 bridgehead atoms. The van der Waals surface area contributed by atoms with Gasteiger partial charge in [-0.3, -0.25) is 9.52 Å². The van der Waals surface area contributed by atoms with Gasteiger partial charge >= 0.3 is 0 Å². The molecule has 0 saturated carbocycles. The van der Waals surface area contributed by atoms with Gasteiger partial charge in [0.15, 0.2) is 11.6 Å². The van der Waals surface area contributed by atoms with Crippen LogP contribution < -0.4 is 15.4 Å². The normalized spacial score (nSPS) is 11.1. The minimum Gasteiger partial charge on any atom is -0.339 e. The topological polar surface area (TPSA) is 131 Å². The fourth-order valence-corrected chi connectivity index (χ4v) is 4.02. The number of anilines is 4. The first-order chi connectivity index (χ1) is 15.8. The number of carbonyl (C=O) groups excluding carboxylic acids is 1. The third-order valence-corrected chi connectivity index (χ3v) is 5.90. The fraction of sp³-hybridized carbons (Fsp3) is 0.0909. The van der Waals surface area contributed by atoms with Crippen LogP contribution in [0.5, 0.6) is 0 Å². The summed E-state index contributed by atoms with van der Waals surface area (Å²) in [6, 6.07) is 18.1. The molecule has 2 aromatic heterocycles. The zero-order valence-electron chi connectivity index (χ0n) is 17.9. The monoisotopic (exact) mass is 463 g/mol. The Labute approximate surface area is 190 Å². The van der Waals surface area contributed by atoms with Crippen LogP contribution in [0.3, 0.4) is 0 Å². The van der Waals surface area contributed by atoms with E-state index in [2.05, 4.69) is 30.7 Å². The van der Waals surface area contributed by atoms with E-state index in [9.17, 15) is 13.2 Å². The van der Waals surface area contributed by atoms with Crippen LogP contribution in [0, 0.1) is 6.92 Å². The largest absolute Gasteiger partial charge is 0.339 e. The van der Waals surface area contributed by atoms with Gasteiger partial charge < -0.3 is 10.6 Å². The lowest BCUT2D eigenvalue weighted by Crippen LogP contribution is -2.13. The lowest BCUT2D eigenvalue weighted by molar-refractivity contribution is -0.114. The predicted octanol–water partition coefficient (Wildman–Crippen LogP) is 3.47.